The first-order chi connectivity index (χ1) is 34.3. The van der Waals surface area contributed by atoms with Gasteiger partial charge < -0.3 is 34.0 Å². The molecular formula is C59H77FN2O8. The van der Waals surface area contributed by atoms with Crippen LogP contribution in [0.4, 0.5) is 9.18 Å². The molecule has 2 aliphatic carbocycles. The first-order valence-corrected chi connectivity index (χ1v) is 26.4. The van der Waals surface area contributed by atoms with Crippen LogP contribution >= 0.6 is 0 Å². The highest BCUT2D eigenvalue weighted by Gasteiger charge is 2.65. The lowest BCUT2D eigenvalue weighted by Crippen LogP contribution is -2.70. The summed E-state index contributed by atoms with van der Waals surface area (Å²) in [5, 5.41) is 27.1. The van der Waals surface area contributed by atoms with Gasteiger partial charge in [-0.2, -0.15) is 0 Å². The third-order valence-electron chi connectivity index (χ3n) is 14.5. The Labute approximate surface area is 415 Å². The average Bonchev–Trinajstić information content (AvgIpc) is 3.37. The maximum absolute atomic E-state index is 15.0. The van der Waals surface area contributed by atoms with E-state index in [4.69, 9.17) is 28.9 Å². The molecule has 0 bridgehead atoms. The van der Waals surface area contributed by atoms with Crippen LogP contribution in [0.2, 0.25) is 0 Å². The average molecular weight is 961 g/mol. The van der Waals surface area contributed by atoms with Crippen molar-refractivity contribution < 1.29 is 43.2 Å². The number of carbonyl (C=O) groups is 1. The fourth-order valence-electron chi connectivity index (χ4n) is 11.1. The summed E-state index contributed by atoms with van der Waals surface area (Å²) in [5.74, 6) is -0.511. The molecule has 4 aromatic rings. The van der Waals surface area contributed by atoms with Gasteiger partial charge >= 0.3 is 6.09 Å². The summed E-state index contributed by atoms with van der Waals surface area (Å²) in [7, 11) is 0. The van der Waals surface area contributed by atoms with Crippen LogP contribution in [0.25, 0.3) is 10.8 Å². The van der Waals surface area contributed by atoms with E-state index in [1.54, 1.807) is 23.1 Å². The van der Waals surface area contributed by atoms with Crippen molar-refractivity contribution in [3.8, 4) is 17.2 Å². The van der Waals surface area contributed by atoms with E-state index in [-0.39, 0.29) is 63.0 Å². The van der Waals surface area contributed by atoms with Gasteiger partial charge in [0.1, 0.15) is 35.7 Å². The molecule has 4 aromatic carbocycles. The molecule has 11 heteroatoms. The molecule has 2 N–H and O–H groups in total. The van der Waals surface area contributed by atoms with Crippen molar-refractivity contribution in [1.82, 2.24) is 4.90 Å². The van der Waals surface area contributed by atoms with Crippen molar-refractivity contribution in [3.05, 3.63) is 126 Å². The quantitative estimate of drug-likeness (QED) is 0.0314. The summed E-state index contributed by atoms with van der Waals surface area (Å²) in [4.78, 5) is 22.6. The van der Waals surface area contributed by atoms with Crippen molar-refractivity contribution in [2.75, 3.05) is 33.0 Å². The van der Waals surface area contributed by atoms with Gasteiger partial charge in [0.2, 0.25) is 5.79 Å². The van der Waals surface area contributed by atoms with Crippen molar-refractivity contribution in [1.29, 1.82) is 0 Å². The van der Waals surface area contributed by atoms with Crippen molar-refractivity contribution in [3.63, 3.8) is 0 Å². The smallest absolute Gasteiger partial charge is 0.410 e. The Kier molecular flexibility index (Phi) is 20.2. The minimum atomic E-state index is -1.48. The maximum atomic E-state index is 15.0. The van der Waals surface area contributed by atoms with Gasteiger partial charge in [0, 0.05) is 37.7 Å². The van der Waals surface area contributed by atoms with Crippen LogP contribution in [0.3, 0.4) is 0 Å². The van der Waals surface area contributed by atoms with E-state index in [0.29, 0.717) is 42.4 Å². The topological polar surface area (TPSA) is 119 Å². The number of hydrogen-bond donors (Lipinski definition) is 2. The first kappa shape index (κ1) is 52.6. The molecule has 1 saturated carbocycles. The Morgan fingerprint density at radius 3 is 2.23 bits per heavy atom. The number of aliphatic hydroxyl groups is 2. The Balaban J connectivity index is 1.31. The second-order valence-electron chi connectivity index (χ2n) is 19.4. The molecule has 1 aliphatic heterocycles. The fourth-order valence-corrected chi connectivity index (χ4v) is 11.1. The van der Waals surface area contributed by atoms with Gasteiger partial charge in [-0.25, -0.2) is 9.18 Å². The number of unbranched alkanes of at least 4 members (excludes halogenated alkanes) is 11. The van der Waals surface area contributed by atoms with E-state index in [1.807, 2.05) is 43.3 Å². The number of amides is 1. The second kappa shape index (κ2) is 26.8. The molecule has 7 rings (SSSR count). The monoisotopic (exact) mass is 961 g/mol. The summed E-state index contributed by atoms with van der Waals surface area (Å²) >= 11 is 0. The number of allylic oxidation sites excluding steroid dienone is 1. The Morgan fingerprint density at radius 2 is 1.51 bits per heavy atom. The molecule has 0 saturated heterocycles. The minimum absolute atomic E-state index is 0.0326. The third kappa shape index (κ3) is 13.2. The van der Waals surface area contributed by atoms with Gasteiger partial charge in [-0.05, 0) is 115 Å². The number of fused-ring (bicyclic) bond motifs is 3. The second-order valence-corrected chi connectivity index (χ2v) is 19.4. The summed E-state index contributed by atoms with van der Waals surface area (Å²) in [5.41, 5.74) is 3.32. The van der Waals surface area contributed by atoms with Crippen molar-refractivity contribution in [2.45, 2.75) is 147 Å². The lowest BCUT2D eigenvalue weighted by atomic mass is 9.55. The zero-order valence-electron chi connectivity index (χ0n) is 41.7. The molecule has 0 spiro atoms. The number of rotatable bonds is 29. The van der Waals surface area contributed by atoms with Crippen LogP contribution in [0.5, 0.6) is 17.2 Å². The molecule has 6 atom stereocenters. The summed E-state index contributed by atoms with van der Waals surface area (Å²) < 4.78 is 42.0. The van der Waals surface area contributed by atoms with E-state index >= 15 is 0 Å². The number of nitrogens with zero attached hydrogens (tertiary/aromatic N) is 2. The minimum Gasteiger partial charge on any atom is -0.459 e. The number of aliphatic hydroxyl groups excluding tert-OH is 2. The summed E-state index contributed by atoms with van der Waals surface area (Å²) in [6.45, 7) is 9.21. The van der Waals surface area contributed by atoms with Crippen LogP contribution in [0, 0.1) is 23.6 Å². The number of oxime groups is 1. The largest absolute Gasteiger partial charge is 0.459 e. The van der Waals surface area contributed by atoms with Crippen LogP contribution in [0.1, 0.15) is 140 Å². The molecule has 70 heavy (non-hydrogen) atoms. The zero-order valence-corrected chi connectivity index (χ0v) is 41.7. The first-order valence-electron chi connectivity index (χ1n) is 26.4. The molecule has 1 fully saturated rings. The fraction of sp³-hybridized carbons (Fsp3) is 0.525. The van der Waals surface area contributed by atoms with Gasteiger partial charge in [-0.3, -0.25) is 4.90 Å². The van der Waals surface area contributed by atoms with Crippen LogP contribution in [-0.4, -0.2) is 71.8 Å². The van der Waals surface area contributed by atoms with Gasteiger partial charge in [-0.15, -0.1) is 6.58 Å². The van der Waals surface area contributed by atoms with E-state index in [1.165, 1.54) is 57.1 Å². The number of ether oxygens (including phenoxy) is 4. The molecule has 378 valence electrons. The maximum Gasteiger partial charge on any atom is 0.410 e. The predicted molar refractivity (Wildman–Crippen MR) is 276 cm³/mol. The number of benzene rings is 4. The van der Waals surface area contributed by atoms with Crippen molar-refractivity contribution in [2.24, 2.45) is 22.9 Å². The highest BCUT2D eigenvalue weighted by atomic mass is 19.1. The molecule has 1 amide bonds. The zero-order chi connectivity index (χ0) is 49.1. The molecule has 10 nitrogen and oxygen atoms in total. The molecule has 6 unspecified atom stereocenters. The highest BCUT2D eigenvalue weighted by molar-refractivity contribution is 6.03. The number of hydrogen-bond acceptors (Lipinski definition) is 9. The van der Waals surface area contributed by atoms with E-state index in [0.717, 1.165) is 72.4 Å². The van der Waals surface area contributed by atoms with Gasteiger partial charge in [0.25, 0.3) is 0 Å². The lowest BCUT2D eigenvalue weighted by Gasteiger charge is -2.59. The van der Waals surface area contributed by atoms with E-state index in [2.05, 4.69) is 43.8 Å². The summed E-state index contributed by atoms with van der Waals surface area (Å²) in [6.07, 6.45) is 19.9. The SMILES string of the molecule is C=CCOC12Oc3ccc(Oc4ccc5ccccc5c4)cc3C3C(CCCCO)C(CCCCO)C=C(C(=NOCC)CC1N(Cc1ccc(F)cc1)C(=O)OCCCCCCCCCCCC)C32. The van der Waals surface area contributed by atoms with Crippen LogP contribution < -0.4 is 9.47 Å². The van der Waals surface area contributed by atoms with Crippen LogP contribution in [-0.2, 0) is 20.9 Å². The molecule has 0 aromatic heterocycles. The summed E-state index contributed by atoms with van der Waals surface area (Å²) in [6, 6.07) is 25.7. The Bertz CT molecular complexity index is 2330. The van der Waals surface area contributed by atoms with E-state index in [9.17, 15) is 19.4 Å². The number of halogens is 1. The van der Waals surface area contributed by atoms with Gasteiger partial charge in [0.05, 0.1) is 24.8 Å². The highest BCUT2D eigenvalue weighted by Crippen LogP contribution is 2.62. The normalized spacial score (nSPS) is 21.9. The van der Waals surface area contributed by atoms with Crippen LogP contribution in [0.15, 0.2) is 114 Å². The third-order valence-corrected chi connectivity index (χ3v) is 14.5. The standard InChI is InChI=1S/C59H77FN2O8/c1-4-7-8-9-10-11-12-13-14-21-37-66-58(65)62(42-43-26-29-47(60)30-27-43)55-41-53(61-68-6-3)51-39-46(24-17-19-34-63)50(25-18-20-35-64)56-52-40-49(69-48-31-28-44-22-15-16-23-45(44)38-48)32-33-54(52)70-59(55,57(51)56)67-36-5-2/h5,15-16,22-23,26-33,38-40,46,50,55-57,63-64H,2,4,6-14,17-21,24-25,34-37,41-42H2,1,3H3. The molecule has 1 heterocycles. The predicted octanol–water partition coefficient (Wildman–Crippen LogP) is 14.0. The Hall–Kier alpha value is -5.23. The molecular weight excluding hydrogens is 884 g/mol. The number of carbonyl (C=O) groups excluding carboxylic acids is 1. The van der Waals surface area contributed by atoms with E-state index < -0.39 is 23.8 Å². The van der Waals surface area contributed by atoms with Crippen molar-refractivity contribution >= 4 is 22.6 Å². The lowest BCUT2D eigenvalue weighted by molar-refractivity contribution is -0.256. The van der Waals surface area contributed by atoms with Gasteiger partial charge in [0.15, 0.2) is 0 Å². The Morgan fingerprint density at radius 1 is 0.829 bits per heavy atom. The molecule has 3 aliphatic rings. The van der Waals surface area contributed by atoms with Gasteiger partial charge in [-0.1, -0.05) is 137 Å². The molecule has 0 radical (unpaired) electrons.